The summed E-state index contributed by atoms with van der Waals surface area (Å²) in [6.45, 7) is 1.74. The number of carbonyl (C=O) groups is 3. The van der Waals surface area contributed by atoms with Crippen molar-refractivity contribution in [2.45, 2.75) is 26.2 Å². The highest BCUT2D eigenvalue weighted by atomic mass is 16.5. The molecule has 0 saturated carbocycles. The van der Waals surface area contributed by atoms with Gasteiger partial charge in [-0.15, -0.1) is 0 Å². The molecule has 0 fully saturated rings. The van der Waals surface area contributed by atoms with Crippen LogP contribution in [0.3, 0.4) is 0 Å². The third-order valence-electron chi connectivity index (χ3n) is 2.54. The van der Waals surface area contributed by atoms with Gasteiger partial charge in [0.15, 0.2) is 6.61 Å². The van der Waals surface area contributed by atoms with Gasteiger partial charge in [-0.05, 0) is 26.2 Å². The Morgan fingerprint density at radius 3 is 2.72 bits per heavy atom. The number of amides is 3. The van der Waals surface area contributed by atoms with E-state index in [1.54, 1.807) is 6.92 Å². The van der Waals surface area contributed by atoms with E-state index in [1.165, 1.54) is 0 Å². The summed E-state index contributed by atoms with van der Waals surface area (Å²) in [5.74, 6) is -1.18. The van der Waals surface area contributed by atoms with Crippen LogP contribution in [0.2, 0.25) is 0 Å². The summed E-state index contributed by atoms with van der Waals surface area (Å²) in [7, 11) is 0. The molecule has 0 spiro atoms. The first kappa shape index (κ1) is 14.2. The maximum Gasteiger partial charge on any atom is 0.321 e. The van der Waals surface area contributed by atoms with Gasteiger partial charge in [-0.2, -0.15) is 0 Å². The van der Waals surface area contributed by atoms with Crippen molar-refractivity contribution in [3.8, 4) is 0 Å². The number of rotatable bonds is 4. The van der Waals surface area contributed by atoms with Crippen LogP contribution in [0.5, 0.6) is 0 Å². The number of allylic oxidation sites excluding steroid dienone is 2. The average molecular weight is 254 g/mol. The fourth-order valence-corrected chi connectivity index (χ4v) is 1.63. The highest BCUT2D eigenvalue weighted by molar-refractivity contribution is 5.95. The minimum absolute atomic E-state index is 0.174. The van der Waals surface area contributed by atoms with E-state index in [1.807, 2.05) is 12.2 Å². The van der Waals surface area contributed by atoms with Gasteiger partial charge < -0.3 is 10.1 Å². The normalized spacial score (nSPS) is 17.9. The highest BCUT2D eigenvalue weighted by Gasteiger charge is 2.21. The Morgan fingerprint density at radius 2 is 2.11 bits per heavy atom. The lowest BCUT2D eigenvalue weighted by molar-refractivity contribution is -0.152. The molecule has 1 aliphatic rings. The van der Waals surface area contributed by atoms with Crippen LogP contribution in [-0.4, -0.2) is 31.1 Å². The second-order valence-corrected chi connectivity index (χ2v) is 4.00. The van der Waals surface area contributed by atoms with Gasteiger partial charge in [-0.1, -0.05) is 12.2 Å². The molecule has 6 heteroatoms. The van der Waals surface area contributed by atoms with Gasteiger partial charge in [0.25, 0.3) is 5.91 Å². The molecular formula is C12H18N2O4. The van der Waals surface area contributed by atoms with Crippen LogP contribution < -0.4 is 10.6 Å². The lowest BCUT2D eigenvalue weighted by atomic mass is 9.95. The molecule has 1 atom stereocenters. The van der Waals surface area contributed by atoms with Crippen molar-refractivity contribution in [3.63, 3.8) is 0 Å². The molecule has 18 heavy (non-hydrogen) atoms. The molecule has 2 N–H and O–H groups in total. The van der Waals surface area contributed by atoms with E-state index in [9.17, 15) is 14.4 Å². The van der Waals surface area contributed by atoms with Crippen molar-refractivity contribution >= 4 is 17.9 Å². The maximum atomic E-state index is 11.6. The number of carbonyl (C=O) groups excluding carboxylic acids is 3. The van der Waals surface area contributed by atoms with Gasteiger partial charge in [0.1, 0.15) is 0 Å². The minimum Gasteiger partial charge on any atom is -0.455 e. The van der Waals surface area contributed by atoms with E-state index in [0.717, 1.165) is 12.8 Å². The van der Waals surface area contributed by atoms with Gasteiger partial charge in [-0.3, -0.25) is 14.9 Å². The second-order valence-electron chi connectivity index (χ2n) is 4.00. The van der Waals surface area contributed by atoms with Gasteiger partial charge >= 0.3 is 12.0 Å². The molecule has 0 saturated heterocycles. The molecule has 0 radical (unpaired) electrons. The van der Waals surface area contributed by atoms with E-state index < -0.39 is 18.5 Å². The zero-order valence-electron chi connectivity index (χ0n) is 10.4. The number of nitrogens with one attached hydrogen (secondary N) is 2. The van der Waals surface area contributed by atoms with Crippen LogP contribution in [-0.2, 0) is 14.3 Å². The summed E-state index contributed by atoms with van der Waals surface area (Å²) in [5, 5.41) is 4.47. The molecule has 0 aromatic heterocycles. The summed E-state index contributed by atoms with van der Waals surface area (Å²) in [5.41, 5.74) is 0. The number of ether oxygens (including phenoxy) is 1. The quantitative estimate of drug-likeness (QED) is 0.572. The van der Waals surface area contributed by atoms with Crippen molar-refractivity contribution in [2.24, 2.45) is 5.92 Å². The van der Waals surface area contributed by atoms with Crippen molar-refractivity contribution in [3.05, 3.63) is 12.2 Å². The van der Waals surface area contributed by atoms with Gasteiger partial charge in [0.2, 0.25) is 0 Å². The fraction of sp³-hybridized carbons (Fsp3) is 0.583. The third kappa shape index (κ3) is 4.99. The van der Waals surface area contributed by atoms with E-state index in [0.29, 0.717) is 13.0 Å². The first-order valence-electron chi connectivity index (χ1n) is 6.02. The Morgan fingerprint density at radius 1 is 1.33 bits per heavy atom. The highest BCUT2D eigenvalue weighted by Crippen LogP contribution is 2.19. The van der Waals surface area contributed by atoms with Crippen molar-refractivity contribution < 1.29 is 19.1 Å². The first-order chi connectivity index (χ1) is 8.63. The number of esters is 1. The smallest absolute Gasteiger partial charge is 0.321 e. The van der Waals surface area contributed by atoms with Crippen LogP contribution in [0, 0.1) is 5.92 Å². The Bertz CT molecular complexity index is 352. The predicted octanol–water partition coefficient (Wildman–Crippen LogP) is 0.732. The monoisotopic (exact) mass is 254 g/mol. The summed E-state index contributed by atoms with van der Waals surface area (Å²) in [4.78, 5) is 33.8. The van der Waals surface area contributed by atoms with E-state index in [4.69, 9.17) is 4.74 Å². The Hall–Kier alpha value is -1.85. The molecule has 1 aliphatic carbocycles. The van der Waals surface area contributed by atoms with Crippen LogP contribution in [0.1, 0.15) is 26.2 Å². The standard InChI is InChI=1S/C12H18N2O4/c1-2-13-12(17)14-10(15)8-18-11(16)9-6-4-3-5-7-9/h3-4,9H,2,5-8H2,1H3,(H2,13,14,15,17)/t9-/m1/s1. The molecule has 0 aliphatic heterocycles. The second kappa shape index (κ2) is 7.47. The Kier molecular flexibility index (Phi) is 5.90. The topological polar surface area (TPSA) is 84.5 Å². The third-order valence-corrected chi connectivity index (χ3v) is 2.54. The van der Waals surface area contributed by atoms with Crippen molar-refractivity contribution in [2.75, 3.05) is 13.2 Å². The van der Waals surface area contributed by atoms with Crippen LogP contribution in [0.4, 0.5) is 4.79 Å². The number of imide groups is 1. The number of urea groups is 1. The number of hydrogen-bond donors (Lipinski definition) is 2. The van der Waals surface area contributed by atoms with Gasteiger partial charge in [0.05, 0.1) is 5.92 Å². The predicted molar refractivity (Wildman–Crippen MR) is 64.7 cm³/mol. The molecule has 0 heterocycles. The van der Waals surface area contributed by atoms with Crippen LogP contribution in [0.25, 0.3) is 0 Å². The largest absolute Gasteiger partial charge is 0.455 e. The fourth-order valence-electron chi connectivity index (χ4n) is 1.63. The zero-order valence-corrected chi connectivity index (χ0v) is 10.4. The Labute approximate surface area is 106 Å². The summed E-state index contributed by atoms with van der Waals surface area (Å²) < 4.78 is 4.86. The van der Waals surface area contributed by atoms with Gasteiger partial charge in [0, 0.05) is 6.54 Å². The molecule has 3 amide bonds. The summed E-state index contributed by atoms with van der Waals surface area (Å²) >= 11 is 0. The lowest BCUT2D eigenvalue weighted by Crippen LogP contribution is -2.41. The first-order valence-corrected chi connectivity index (χ1v) is 6.02. The lowest BCUT2D eigenvalue weighted by Gasteiger charge is -2.16. The molecule has 0 aromatic rings. The van der Waals surface area contributed by atoms with E-state index in [2.05, 4.69) is 10.6 Å². The average Bonchev–Trinajstić information content (AvgIpc) is 2.37. The molecular weight excluding hydrogens is 236 g/mol. The van der Waals surface area contributed by atoms with Crippen molar-refractivity contribution in [1.82, 2.24) is 10.6 Å². The minimum atomic E-state index is -0.624. The van der Waals surface area contributed by atoms with E-state index >= 15 is 0 Å². The molecule has 100 valence electrons. The summed E-state index contributed by atoms with van der Waals surface area (Å²) in [6, 6.07) is -0.584. The summed E-state index contributed by atoms with van der Waals surface area (Å²) in [6.07, 6.45) is 6.20. The maximum absolute atomic E-state index is 11.6. The van der Waals surface area contributed by atoms with Gasteiger partial charge in [-0.25, -0.2) is 4.79 Å². The molecule has 0 aromatic carbocycles. The molecule has 6 nitrogen and oxygen atoms in total. The SMILES string of the molecule is CCNC(=O)NC(=O)COC(=O)[C@@H]1CC=CCC1. The Balaban J connectivity index is 2.23. The zero-order chi connectivity index (χ0) is 13.4. The molecule has 1 rings (SSSR count). The van der Waals surface area contributed by atoms with Crippen molar-refractivity contribution in [1.29, 1.82) is 0 Å². The number of hydrogen-bond acceptors (Lipinski definition) is 4. The molecule has 0 unspecified atom stereocenters. The van der Waals surface area contributed by atoms with Crippen LogP contribution >= 0.6 is 0 Å². The molecule has 0 bridgehead atoms. The van der Waals surface area contributed by atoms with Crippen LogP contribution in [0.15, 0.2) is 12.2 Å². The van der Waals surface area contributed by atoms with E-state index in [-0.39, 0.29) is 11.9 Å².